The van der Waals surface area contributed by atoms with E-state index in [4.69, 9.17) is 0 Å². The first-order chi connectivity index (χ1) is 4.40. The smallest absolute Gasteiger partial charge is 0.0320 e. The molecular weight excluding hydrogens is 178 g/mol. The number of rotatable bonds is 3. The van der Waals surface area contributed by atoms with Crippen molar-refractivity contribution in [1.29, 1.82) is 0 Å². The van der Waals surface area contributed by atoms with Crippen LogP contribution >= 0.6 is 15.9 Å². The summed E-state index contributed by atoms with van der Waals surface area (Å²) in [6.45, 7) is 2.73. The van der Waals surface area contributed by atoms with Gasteiger partial charge in [-0.05, 0) is 18.8 Å². The van der Waals surface area contributed by atoms with Gasteiger partial charge < -0.3 is 0 Å². The number of alkyl halides is 1. The molecule has 2 rings (SSSR count). The molecule has 1 saturated heterocycles. The molecule has 1 unspecified atom stereocenters. The van der Waals surface area contributed by atoms with Crippen molar-refractivity contribution in [3.05, 3.63) is 0 Å². The zero-order valence-corrected chi connectivity index (χ0v) is 7.10. The van der Waals surface area contributed by atoms with Gasteiger partial charge in [0.05, 0.1) is 0 Å². The predicted molar refractivity (Wildman–Crippen MR) is 41.9 cm³/mol. The van der Waals surface area contributed by atoms with Gasteiger partial charge in [0.1, 0.15) is 0 Å². The van der Waals surface area contributed by atoms with Gasteiger partial charge in [-0.15, -0.1) is 0 Å². The Hall–Kier alpha value is 0.440. The maximum absolute atomic E-state index is 3.49. The lowest BCUT2D eigenvalue weighted by atomic mass is 10.4. The van der Waals surface area contributed by atoms with Crippen LogP contribution in [0.4, 0.5) is 0 Å². The van der Waals surface area contributed by atoms with E-state index in [1.54, 1.807) is 0 Å². The van der Waals surface area contributed by atoms with Crippen molar-refractivity contribution < 1.29 is 0 Å². The molecule has 1 aliphatic heterocycles. The molecule has 1 aliphatic carbocycles. The third-order valence-electron chi connectivity index (χ3n) is 2.20. The highest BCUT2D eigenvalue weighted by atomic mass is 79.9. The summed E-state index contributed by atoms with van der Waals surface area (Å²) in [5.74, 6) is 1.08. The molecule has 0 aromatic carbocycles. The van der Waals surface area contributed by atoms with Crippen LogP contribution in [0.5, 0.6) is 0 Å². The Morgan fingerprint density at radius 1 is 1.44 bits per heavy atom. The molecular formula is C7H12BrN. The van der Waals surface area contributed by atoms with Crippen LogP contribution in [0.3, 0.4) is 0 Å². The Morgan fingerprint density at radius 2 is 2.22 bits per heavy atom. The molecule has 0 amide bonds. The van der Waals surface area contributed by atoms with E-state index in [1.165, 1.54) is 31.3 Å². The predicted octanol–water partition coefficient (Wildman–Crippen LogP) is 1.48. The molecule has 1 saturated carbocycles. The summed E-state index contributed by atoms with van der Waals surface area (Å²) in [5, 5.41) is 1.18. The molecule has 1 nitrogen and oxygen atoms in total. The maximum atomic E-state index is 3.49. The average Bonchev–Trinajstić information content (AvgIpc) is 2.66. The van der Waals surface area contributed by atoms with E-state index in [9.17, 15) is 0 Å². The molecule has 0 spiro atoms. The van der Waals surface area contributed by atoms with Gasteiger partial charge in [0, 0.05) is 24.5 Å². The lowest BCUT2D eigenvalue weighted by Crippen LogP contribution is -2.05. The minimum atomic E-state index is 0.894. The second-order valence-electron chi connectivity index (χ2n) is 3.21. The largest absolute Gasteiger partial charge is 0.296 e. The Bertz CT molecular complexity index is 111. The first-order valence-electron chi connectivity index (χ1n) is 3.70. The fraction of sp³-hybridized carbons (Fsp3) is 1.00. The van der Waals surface area contributed by atoms with Crippen LogP contribution in [0.1, 0.15) is 12.8 Å². The van der Waals surface area contributed by atoms with E-state index in [0.717, 1.165) is 12.0 Å². The topological polar surface area (TPSA) is 3.01 Å². The van der Waals surface area contributed by atoms with E-state index in [0.29, 0.717) is 0 Å². The van der Waals surface area contributed by atoms with E-state index >= 15 is 0 Å². The summed E-state index contributed by atoms with van der Waals surface area (Å²) >= 11 is 3.49. The average molecular weight is 190 g/mol. The Balaban J connectivity index is 1.65. The van der Waals surface area contributed by atoms with Crippen molar-refractivity contribution in [2.24, 2.45) is 5.92 Å². The second kappa shape index (κ2) is 2.24. The van der Waals surface area contributed by atoms with Crippen LogP contribution in [-0.4, -0.2) is 29.4 Å². The summed E-state index contributed by atoms with van der Waals surface area (Å²) in [4.78, 5) is 2.56. The SMILES string of the molecule is BrC[C@@H]1CN1CC1CC1. The van der Waals surface area contributed by atoms with Crippen LogP contribution in [0.2, 0.25) is 0 Å². The van der Waals surface area contributed by atoms with E-state index in [-0.39, 0.29) is 0 Å². The van der Waals surface area contributed by atoms with Gasteiger partial charge >= 0.3 is 0 Å². The molecule has 0 N–H and O–H groups in total. The quantitative estimate of drug-likeness (QED) is 0.481. The molecule has 9 heavy (non-hydrogen) atoms. The first kappa shape index (κ1) is 6.17. The number of nitrogens with zero attached hydrogens (tertiary/aromatic N) is 1. The zero-order chi connectivity index (χ0) is 6.27. The Morgan fingerprint density at radius 3 is 2.67 bits per heavy atom. The minimum absolute atomic E-state index is 0.894. The van der Waals surface area contributed by atoms with Crippen LogP contribution in [0, 0.1) is 5.92 Å². The van der Waals surface area contributed by atoms with Crippen LogP contribution in [0.15, 0.2) is 0 Å². The molecule has 2 fully saturated rings. The molecule has 52 valence electrons. The summed E-state index contributed by atoms with van der Waals surface area (Å²) in [6, 6.07) is 0.894. The highest BCUT2D eigenvalue weighted by Crippen LogP contribution is 2.33. The first-order valence-corrected chi connectivity index (χ1v) is 4.82. The normalized spacial score (nSPS) is 41.0. The van der Waals surface area contributed by atoms with E-state index in [2.05, 4.69) is 20.8 Å². The van der Waals surface area contributed by atoms with Crippen molar-refractivity contribution >= 4 is 15.9 Å². The zero-order valence-electron chi connectivity index (χ0n) is 5.52. The van der Waals surface area contributed by atoms with Crippen molar-refractivity contribution in [1.82, 2.24) is 4.90 Å². The number of hydrogen-bond acceptors (Lipinski definition) is 1. The van der Waals surface area contributed by atoms with Crippen LogP contribution < -0.4 is 0 Å². The van der Waals surface area contributed by atoms with Gasteiger partial charge in [0.25, 0.3) is 0 Å². The van der Waals surface area contributed by atoms with Crippen molar-refractivity contribution in [3.8, 4) is 0 Å². The Kier molecular flexibility index (Phi) is 1.54. The fourth-order valence-corrected chi connectivity index (χ4v) is 1.84. The third-order valence-corrected chi connectivity index (χ3v) is 2.94. The van der Waals surface area contributed by atoms with Gasteiger partial charge in [-0.2, -0.15) is 0 Å². The van der Waals surface area contributed by atoms with Gasteiger partial charge in [-0.25, -0.2) is 0 Å². The molecule has 0 radical (unpaired) electrons. The molecule has 0 aromatic rings. The number of hydrogen-bond donors (Lipinski definition) is 0. The van der Waals surface area contributed by atoms with Crippen molar-refractivity contribution in [2.45, 2.75) is 18.9 Å². The van der Waals surface area contributed by atoms with Crippen molar-refractivity contribution in [2.75, 3.05) is 18.4 Å². The fourth-order valence-electron chi connectivity index (χ4n) is 1.23. The van der Waals surface area contributed by atoms with Gasteiger partial charge in [-0.1, -0.05) is 15.9 Å². The van der Waals surface area contributed by atoms with Gasteiger partial charge in [-0.3, -0.25) is 4.90 Å². The Labute approximate surface area is 64.5 Å². The highest BCUT2D eigenvalue weighted by molar-refractivity contribution is 9.09. The summed E-state index contributed by atoms with van der Waals surface area (Å²) < 4.78 is 0. The van der Waals surface area contributed by atoms with Gasteiger partial charge in [0.2, 0.25) is 0 Å². The second-order valence-corrected chi connectivity index (χ2v) is 3.85. The van der Waals surface area contributed by atoms with Crippen LogP contribution in [-0.2, 0) is 0 Å². The van der Waals surface area contributed by atoms with E-state index < -0.39 is 0 Å². The third kappa shape index (κ3) is 1.47. The monoisotopic (exact) mass is 189 g/mol. The standard InChI is InChI=1S/C7H12BrN/c8-3-7-5-9(7)4-6-1-2-6/h6-7H,1-5H2/t7-,9?/m1/s1. The number of halogens is 1. The minimum Gasteiger partial charge on any atom is -0.296 e. The summed E-state index contributed by atoms with van der Waals surface area (Å²) in [5.41, 5.74) is 0. The lowest BCUT2D eigenvalue weighted by molar-refractivity contribution is 0.490. The molecule has 2 atom stereocenters. The highest BCUT2D eigenvalue weighted by Gasteiger charge is 2.36. The maximum Gasteiger partial charge on any atom is 0.0320 e. The van der Waals surface area contributed by atoms with Crippen LogP contribution in [0.25, 0.3) is 0 Å². The van der Waals surface area contributed by atoms with Gasteiger partial charge in [0.15, 0.2) is 0 Å². The molecule has 2 aliphatic rings. The van der Waals surface area contributed by atoms with Crippen molar-refractivity contribution in [3.63, 3.8) is 0 Å². The molecule has 2 heteroatoms. The summed E-state index contributed by atoms with van der Waals surface area (Å²) in [6.07, 6.45) is 2.98. The van der Waals surface area contributed by atoms with E-state index in [1.807, 2.05) is 0 Å². The molecule has 0 bridgehead atoms. The molecule has 0 aromatic heterocycles. The molecule has 1 heterocycles. The lowest BCUT2D eigenvalue weighted by Gasteiger charge is -1.96. The summed E-state index contributed by atoms with van der Waals surface area (Å²) in [7, 11) is 0.